The van der Waals surface area contributed by atoms with E-state index in [0.717, 1.165) is 24.5 Å². The van der Waals surface area contributed by atoms with Crippen molar-refractivity contribution in [2.75, 3.05) is 31.2 Å². The van der Waals surface area contributed by atoms with Gasteiger partial charge in [-0.3, -0.25) is 4.79 Å². The van der Waals surface area contributed by atoms with Crippen LogP contribution in [0, 0.1) is 13.8 Å². The summed E-state index contributed by atoms with van der Waals surface area (Å²) in [5.41, 5.74) is 1.87. The Labute approximate surface area is 168 Å². The van der Waals surface area contributed by atoms with E-state index in [1.807, 2.05) is 13.0 Å². The SMILES string of the molecule is Cc1cc(CNC(=O)c2cc(-n3cccn3)nc(C)n2)nc(N2CCOCC2)n1. The van der Waals surface area contributed by atoms with Crippen LogP contribution in [0.15, 0.2) is 30.6 Å². The third kappa shape index (κ3) is 4.54. The number of hydrogen-bond donors (Lipinski definition) is 1. The number of amides is 1. The predicted octanol–water partition coefficient (Wildman–Crippen LogP) is 0.836. The van der Waals surface area contributed by atoms with Gasteiger partial charge in [0.1, 0.15) is 11.5 Å². The van der Waals surface area contributed by atoms with Crippen LogP contribution >= 0.6 is 0 Å². The zero-order valence-electron chi connectivity index (χ0n) is 16.4. The third-order valence-corrected chi connectivity index (χ3v) is 4.42. The largest absolute Gasteiger partial charge is 0.378 e. The van der Waals surface area contributed by atoms with E-state index in [2.05, 4.69) is 35.3 Å². The highest BCUT2D eigenvalue weighted by Crippen LogP contribution is 2.12. The van der Waals surface area contributed by atoms with Gasteiger partial charge in [0.2, 0.25) is 5.95 Å². The summed E-state index contributed by atoms with van der Waals surface area (Å²) in [6.07, 6.45) is 3.42. The summed E-state index contributed by atoms with van der Waals surface area (Å²) in [6.45, 7) is 6.77. The molecule has 0 saturated carbocycles. The Morgan fingerprint density at radius 3 is 2.72 bits per heavy atom. The molecule has 0 aliphatic carbocycles. The van der Waals surface area contributed by atoms with Crippen molar-refractivity contribution in [3.05, 3.63) is 53.5 Å². The molecule has 4 heterocycles. The summed E-state index contributed by atoms with van der Waals surface area (Å²) in [7, 11) is 0. The molecule has 10 nitrogen and oxygen atoms in total. The standard InChI is InChI=1S/C19H22N8O2/c1-13-10-15(25-19(22-13)26-6-8-29-9-7-26)12-20-18(28)16-11-17(24-14(2)23-16)27-5-3-4-21-27/h3-5,10-11H,6-9,12H2,1-2H3,(H,20,28). The molecule has 0 aromatic carbocycles. The average molecular weight is 394 g/mol. The maximum absolute atomic E-state index is 12.7. The molecule has 0 spiro atoms. The van der Waals surface area contributed by atoms with Gasteiger partial charge in [0.25, 0.3) is 5.91 Å². The summed E-state index contributed by atoms with van der Waals surface area (Å²) in [4.78, 5) is 32.4. The lowest BCUT2D eigenvalue weighted by molar-refractivity contribution is 0.0945. The molecule has 3 aromatic heterocycles. The molecule has 1 N–H and O–H groups in total. The second-order valence-electron chi connectivity index (χ2n) is 6.69. The fourth-order valence-corrected chi connectivity index (χ4v) is 3.06. The monoisotopic (exact) mass is 394 g/mol. The number of carbonyl (C=O) groups is 1. The molecule has 1 amide bonds. The van der Waals surface area contributed by atoms with Gasteiger partial charge in [-0.1, -0.05) is 0 Å². The molecule has 0 unspecified atom stereocenters. The van der Waals surface area contributed by atoms with Gasteiger partial charge < -0.3 is 15.0 Å². The lowest BCUT2D eigenvalue weighted by Crippen LogP contribution is -2.37. The van der Waals surface area contributed by atoms with Crippen LogP contribution < -0.4 is 10.2 Å². The number of aromatic nitrogens is 6. The molecule has 29 heavy (non-hydrogen) atoms. The fourth-order valence-electron chi connectivity index (χ4n) is 3.06. The minimum atomic E-state index is -0.298. The van der Waals surface area contributed by atoms with Crippen LogP contribution in [0.5, 0.6) is 0 Å². The molecule has 0 atom stereocenters. The summed E-state index contributed by atoms with van der Waals surface area (Å²) in [5.74, 6) is 1.40. The van der Waals surface area contributed by atoms with Crippen molar-refractivity contribution >= 4 is 11.9 Å². The van der Waals surface area contributed by atoms with Crippen molar-refractivity contribution < 1.29 is 9.53 Å². The summed E-state index contributed by atoms with van der Waals surface area (Å²) in [5, 5.41) is 7.03. The number of morpholine rings is 1. The smallest absolute Gasteiger partial charge is 0.270 e. The Balaban J connectivity index is 1.48. The molecule has 1 aliphatic rings. The van der Waals surface area contributed by atoms with Gasteiger partial charge in [-0.05, 0) is 26.0 Å². The highest BCUT2D eigenvalue weighted by Gasteiger charge is 2.16. The van der Waals surface area contributed by atoms with Gasteiger partial charge in [0, 0.05) is 37.2 Å². The number of rotatable bonds is 5. The van der Waals surface area contributed by atoms with Crippen molar-refractivity contribution in [3.63, 3.8) is 0 Å². The Morgan fingerprint density at radius 1 is 1.14 bits per heavy atom. The molecule has 150 valence electrons. The zero-order valence-corrected chi connectivity index (χ0v) is 16.4. The van der Waals surface area contributed by atoms with Crippen LogP contribution in [-0.2, 0) is 11.3 Å². The molecule has 10 heteroatoms. The van der Waals surface area contributed by atoms with E-state index in [-0.39, 0.29) is 18.1 Å². The topological polar surface area (TPSA) is 111 Å². The van der Waals surface area contributed by atoms with Crippen LogP contribution in [0.25, 0.3) is 5.82 Å². The average Bonchev–Trinajstić information content (AvgIpc) is 3.27. The molecule has 1 saturated heterocycles. The molecule has 1 aliphatic heterocycles. The first-order valence-corrected chi connectivity index (χ1v) is 9.39. The van der Waals surface area contributed by atoms with Gasteiger partial charge in [-0.25, -0.2) is 24.6 Å². The number of ether oxygens (including phenoxy) is 1. The lowest BCUT2D eigenvalue weighted by atomic mass is 10.3. The number of hydrogen-bond acceptors (Lipinski definition) is 8. The van der Waals surface area contributed by atoms with Crippen LogP contribution in [0.1, 0.15) is 27.7 Å². The predicted molar refractivity (Wildman–Crippen MR) is 105 cm³/mol. The van der Waals surface area contributed by atoms with Crippen LogP contribution in [0.2, 0.25) is 0 Å². The molecular weight excluding hydrogens is 372 g/mol. The second kappa shape index (κ2) is 8.31. The third-order valence-electron chi connectivity index (χ3n) is 4.42. The summed E-state index contributed by atoms with van der Waals surface area (Å²) >= 11 is 0. The van der Waals surface area contributed by atoms with Crippen LogP contribution in [0.4, 0.5) is 5.95 Å². The van der Waals surface area contributed by atoms with E-state index < -0.39 is 0 Å². The molecule has 4 rings (SSSR count). The van der Waals surface area contributed by atoms with E-state index in [1.54, 1.807) is 36.1 Å². The maximum Gasteiger partial charge on any atom is 0.270 e. The van der Waals surface area contributed by atoms with Gasteiger partial charge in [-0.2, -0.15) is 5.10 Å². The molecule has 1 fully saturated rings. The van der Waals surface area contributed by atoms with Crippen LogP contribution in [-0.4, -0.2) is 61.9 Å². The van der Waals surface area contributed by atoms with Crippen molar-refractivity contribution in [1.82, 2.24) is 35.0 Å². The highest BCUT2D eigenvalue weighted by molar-refractivity contribution is 5.92. The first-order valence-electron chi connectivity index (χ1n) is 9.39. The molecular formula is C19H22N8O2. The van der Waals surface area contributed by atoms with Crippen molar-refractivity contribution in [2.24, 2.45) is 0 Å². The minimum absolute atomic E-state index is 0.277. The van der Waals surface area contributed by atoms with E-state index in [1.165, 1.54) is 0 Å². The quantitative estimate of drug-likeness (QED) is 0.678. The van der Waals surface area contributed by atoms with E-state index in [9.17, 15) is 4.79 Å². The van der Waals surface area contributed by atoms with Crippen molar-refractivity contribution in [2.45, 2.75) is 20.4 Å². The summed E-state index contributed by atoms with van der Waals surface area (Å²) in [6, 6.07) is 5.27. The van der Waals surface area contributed by atoms with Crippen LogP contribution in [0.3, 0.4) is 0 Å². The number of nitrogens with zero attached hydrogens (tertiary/aromatic N) is 7. The van der Waals surface area contributed by atoms with Crippen molar-refractivity contribution in [3.8, 4) is 5.82 Å². The minimum Gasteiger partial charge on any atom is -0.378 e. The Morgan fingerprint density at radius 2 is 1.97 bits per heavy atom. The highest BCUT2D eigenvalue weighted by atomic mass is 16.5. The van der Waals surface area contributed by atoms with E-state index in [4.69, 9.17) is 4.74 Å². The van der Waals surface area contributed by atoms with Crippen molar-refractivity contribution in [1.29, 1.82) is 0 Å². The lowest BCUT2D eigenvalue weighted by Gasteiger charge is -2.27. The second-order valence-corrected chi connectivity index (χ2v) is 6.69. The number of anilines is 1. The van der Waals surface area contributed by atoms with Gasteiger partial charge >= 0.3 is 0 Å². The Hall–Kier alpha value is -3.40. The van der Waals surface area contributed by atoms with Gasteiger partial charge in [0.05, 0.1) is 25.5 Å². The first-order chi connectivity index (χ1) is 14.1. The molecule has 0 radical (unpaired) electrons. The number of carbonyl (C=O) groups excluding carboxylic acids is 1. The first kappa shape index (κ1) is 18.9. The molecule has 3 aromatic rings. The number of aryl methyl sites for hydroxylation is 2. The summed E-state index contributed by atoms with van der Waals surface area (Å²) < 4.78 is 6.97. The maximum atomic E-state index is 12.7. The Bertz CT molecular complexity index is 999. The van der Waals surface area contributed by atoms with Gasteiger partial charge in [0.15, 0.2) is 5.82 Å². The molecule has 0 bridgehead atoms. The van der Waals surface area contributed by atoms with Gasteiger partial charge in [-0.15, -0.1) is 0 Å². The fraction of sp³-hybridized carbons (Fsp3) is 0.368. The Kier molecular flexibility index (Phi) is 5.43. The number of nitrogens with one attached hydrogen (secondary N) is 1. The van der Waals surface area contributed by atoms with E-state index in [0.29, 0.717) is 30.8 Å². The normalized spacial score (nSPS) is 14.1. The zero-order chi connectivity index (χ0) is 20.2. The van der Waals surface area contributed by atoms with E-state index >= 15 is 0 Å².